The molecule has 0 spiro atoms. The standard InChI is InChI=1S/C15H13N3/c1-11-6-5-7-13(10-11)12(2)18-15-9-4-3-8-14(15)16-17-18/h3-10H,2H2,1H3. The first-order valence-electron chi connectivity index (χ1n) is 5.82. The minimum atomic E-state index is 0.840. The van der Waals surface area contributed by atoms with Crippen LogP contribution in [0.3, 0.4) is 0 Å². The monoisotopic (exact) mass is 235 g/mol. The average molecular weight is 235 g/mol. The second-order valence-corrected chi connectivity index (χ2v) is 4.31. The fraction of sp³-hybridized carbons (Fsp3) is 0.0667. The molecule has 0 N–H and O–H groups in total. The van der Waals surface area contributed by atoms with Gasteiger partial charge in [-0.3, -0.25) is 0 Å². The van der Waals surface area contributed by atoms with Gasteiger partial charge in [0.2, 0.25) is 0 Å². The molecular formula is C15H13N3. The van der Waals surface area contributed by atoms with Crippen molar-refractivity contribution in [2.24, 2.45) is 0 Å². The molecule has 18 heavy (non-hydrogen) atoms. The van der Waals surface area contributed by atoms with Gasteiger partial charge in [0, 0.05) is 0 Å². The maximum Gasteiger partial charge on any atom is 0.113 e. The summed E-state index contributed by atoms with van der Waals surface area (Å²) in [7, 11) is 0. The Bertz CT molecular complexity index is 725. The number of hydrogen-bond acceptors (Lipinski definition) is 2. The molecule has 0 aliphatic carbocycles. The van der Waals surface area contributed by atoms with Gasteiger partial charge < -0.3 is 0 Å². The van der Waals surface area contributed by atoms with Gasteiger partial charge in [0.15, 0.2) is 0 Å². The summed E-state index contributed by atoms with van der Waals surface area (Å²) in [6.45, 7) is 6.18. The Balaban J connectivity index is 2.12. The summed E-state index contributed by atoms with van der Waals surface area (Å²) in [4.78, 5) is 0. The van der Waals surface area contributed by atoms with Gasteiger partial charge in [-0.1, -0.05) is 47.7 Å². The molecule has 0 bridgehead atoms. The largest absolute Gasteiger partial charge is 0.213 e. The molecule has 0 fully saturated rings. The molecule has 3 heteroatoms. The number of aryl methyl sites for hydroxylation is 1. The molecule has 3 aromatic rings. The summed E-state index contributed by atoms with van der Waals surface area (Å²) in [6.07, 6.45) is 0. The first-order valence-corrected chi connectivity index (χ1v) is 5.82. The van der Waals surface area contributed by atoms with Crippen molar-refractivity contribution in [3.8, 4) is 0 Å². The molecule has 1 aromatic heterocycles. The Morgan fingerprint density at radius 2 is 1.94 bits per heavy atom. The molecule has 0 saturated heterocycles. The van der Waals surface area contributed by atoms with Gasteiger partial charge in [0.25, 0.3) is 0 Å². The third kappa shape index (κ3) is 1.70. The zero-order chi connectivity index (χ0) is 12.5. The van der Waals surface area contributed by atoms with E-state index in [4.69, 9.17) is 0 Å². The van der Waals surface area contributed by atoms with Gasteiger partial charge in [-0.05, 0) is 30.7 Å². The van der Waals surface area contributed by atoms with Crippen molar-refractivity contribution in [3.63, 3.8) is 0 Å². The Morgan fingerprint density at radius 3 is 2.78 bits per heavy atom. The predicted octanol–water partition coefficient (Wildman–Crippen LogP) is 3.26. The SMILES string of the molecule is C=C(c1cccc(C)c1)n1nnc2ccccc21. The highest BCUT2D eigenvalue weighted by Gasteiger charge is 2.08. The third-order valence-corrected chi connectivity index (χ3v) is 2.96. The van der Waals surface area contributed by atoms with E-state index in [1.54, 1.807) is 4.68 Å². The Morgan fingerprint density at radius 1 is 1.11 bits per heavy atom. The number of benzene rings is 2. The summed E-state index contributed by atoms with van der Waals surface area (Å²) in [6, 6.07) is 16.1. The maximum atomic E-state index is 4.17. The van der Waals surface area contributed by atoms with Crippen molar-refractivity contribution in [3.05, 3.63) is 66.2 Å². The second-order valence-electron chi connectivity index (χ2n) is 4.31. The van der Waals surface area contributed by atoms with Gasteiger partial charge in [-0.2, -0.15) is 0 Å². The number of fused-ring (bicyclic) bond motifs is 1. The molecule has 0 amide bonds. The van der Waals surface area contributed by atoms with Crippen LogP contribution in [0.1, 0.15) is 11.1 Å². The lowest BCUT2D eigenvalue weighted by Crippen LogP contribution is -2.00. The zero-order valence-corrected chi connectivity index (χ0v) is 10.2. The van der Waals surface area contributed by atoms with Crippen LogP contribution in [0.25, 0.3) is 16.7 Å². The van der Waals surface area contributed by atoms with E-state index in [1.165, 1.54) is 5.56 Å². The van der Waals surface area contributed by atoms with Gasteiger partial charge >= 0.3 is 0 Å². The van der Waals surface area contributed by atoms with E-state index in [0.717, 1.165) is 22.3 Å². The van der Waals surface area contributed by atoms with Crippen molar-refractivity contribution < 1.29 is 0 Å². The van der Waals surface area contributed by atoms with E-state index in [0.29, 0.717) is 0 Å². The van der Waals surface area contributed by atoms with Crippen LogP contribution in [0.5, 0.6) is 0 Å². The van der Waals surface area contributed by atoms with Crippen LogP contribution in [-0.2, 0) is 0 Å². The van der Waals surface area contributed by atoms with Crippen molar-refractivity contribution in [2.45, 2.75) is 6.92 Å². The highest BCUT2D eigenvalue weighted by atomic mass is 15.4. The number of aromatic nitrogens is 3. The quantitative estimate of drug-likeness (QED) is 0.682. The fourth-order valence-electron chi connectivity index (χ4n) is 2.02. The van der Waals surface area contributed by atoms with Crippen LogP contribution >= 0.6 is 0 Å². The normalized spacial score (nSPS) is 10.7. The molecular weight excluding hydrogens is 222 g/mol. The number of hydrogen-bond donors (Lipinski definition) is 0. The van der Waals surface area contributed by atoms with Crippen LogP contribution in [0.2, 0.25) is 0 Å². The number of para-hydroxylation sites is 1. The zero-order valence-electron chi connectivity index (χ0n) is 10.2. The molecule has 0 radical (unpaired) electrons. The van der Waals surface area contributed by atoms with E-state index in [-0.39, 0.29) is 0 Å². The lowest BCUT2D eigenvalue weighted by molar-refractivity contribution is 0.842. The second kappa shape index (κ2) is 4.11. The van der Waals surface area contributed by atoms with E-state index in [1.807, 2.05) is 36.4 Å². The van der Waals surface area contributed by atoms with Crippen LogP contribution in [0.15, 0.2) is 55.1 Å². The smallest absolute Gasteiger partial charge is 0.113 e. The molecule has 0 unspecified atom stereocenters. The van der Waals surface area contributed by atoms with Crippen molar-refractivity contribution in [1.29, 1.82) is 0 Å². The molecule has 0 aliphatic rings. The van der Waals surface area contributed by atoms with E-state index < -0.39 is 0 Å². The number of rotatable bonds is 2. The third-order valence-electron chi connectivity index (χ3n) is 2.96. The Labute approximate surface area is 105 Å². The molecule has 1 heterocycles. The van der Waals surface area contributed by atoms with Crippen LogP contribution < -0.4 is 0 Å². The summed E-state index contributed by atoms with van der Waals surface area (Å²) < 4.78 is 1.78. The first-order chi connectivity index (χ1) is 8.75. The summed E-state index contributed by atoms with van der Waals surface area (Å²) in [5, 5.41) is 8.31. The van der Waals surface area contributed by atoms with Gasteiger partial charge in [0.05, 0.1) is 11.2 Å². The van der Waals surface area contributed by atoms with E-state index in [2.05, 4.69) is 35.9 Å². The highest BCUT2D eigenvalue weighted by molar-refractivity contribution is 5.80. The molecule has 3 rings (SSSR count). The minimum absolute atomic E-state index is 0.840. The molecule has 0 aliphatic heterocycles. The maximum absolute atomic E-state index is 4.17. The average Bonchev–Trinajstić information content (AvgIpc) is 2.82. The molecule has 0 atom stereocenters. The van der Waals surface area contributed by atoms with Crippen molar-refractivity contribution >= 4 is 16.7 Å². The van der Waals surface area contributed by atoms with Gasteiger partial charge in [0.1, 0.15) is 5.52 Å². The van der Waals surface area contributed by atoms with Crippen LogP contribution in [0, 0.1) is 6.92 Å². The van der Waals surface area contributed by atoms with Gasteiger partial charge in [-0.25, -0.2) is 4.68 Å². The summed E-state index contributed by atoms with van der Waals surface area (Å²) in [5.41, 5.74) is 4.96. The summed E-state index contributed by atoms with van der Waals surface area (Å²) in [5.74, 6) is 0. The fourth-order valence-corrected chi connectivity index (χ4v) is 2.02. The number of nitrogens with zero attached hydrogens (tertiary/aromatic N) is 3. The molecule has 88 valence electrons. The first kappa shape index (κ1) is 10.7. The lowest BCUT2D eigenvalue weighted by atomic mass is 10.1. The summed E-state index contributed by atoms with van der Waals surface area (Å²) >= 11 is 0. The highest BCUT2D eigenvalue weighted by Crippen LogP contribution is 2.20. The van der Waals surface area contributed by atoms with Gasteiger partial charge in [-0.15, -0.1) is 5.10 Å². The molecule has 2 aromatic carbocycles. The molecule has 3 nitrogen and oxygen atoms in total. The van der Waals surface area contributed by atoms with Crippen molar-refractivity contribution in [2.75, 3.05) is 0 Å². The lowest BCUT2D eigenvalue weighted by Gasteiger charge is -2.07. The predicted molar refractivity (Wildman–Crippen MR) is 73.1 cm³/mol. The van der Waals surface area contributed by atoms with E-state index >= 15 is 0 Å². The van der Waals surface area contributed by atoms with E-state index in [9.17, 15) is 0 Å². The minimum Gasteiger partial charge on any atom is -0.213 e. The van der Waals surface area contributed by atoms with Crippen LogP contribution in [-0.4, -0.2) is 15.0 Å². The topological polar surface area (TPSA) is 30.7 Å². The molecule has 0 saturated carbocycles. The van der Waals surface area contributed by atoms with Crippen molar-refractivity contribution in [1.82, 2.24) is 15.0 Å². The Kier molecular flexibility index (Phi) is 2.45. The Hall–Kier alpha value is -2.42. The van der Waals surface area contributed by atoms with Crippen LogP contribution in [0.4, 0.5) is 0 Å².